The minimum Gasteiger partial charge on any atom is -0.389 e. The molecule has 0 spiro atoms. The van der Waals surface area contributed by atoms with Crippen molar-refractivity contribution in [1.82, 2.24) is 5.32 Å². The van der Waals surface area contributed by atoms with E-state index in [1.165, 1.54) is 6.07 Å². The minimum atomic E-state index is -0.637. The molecule has 0 bridgehead atoms. The Morgan fingerprint density at radius 3 is 2.76 bits per heavy atom. The van der Waals surface area contributed by atoms with Crippen molar-refractivity contribution in [2.75, 3.05) is 6.54 Å². The molecule has 0 aliphatic heterocycles. The van der Waals surface area contributed by atoms with Crippen molar-refractivity contribution >= 4 is 5.69 Å². The largest absolute Gasteiger partial charge is 0.389 e. The van der Waals surface area contributed by atoms with E-state index in [1.807, 2.05) is 13.0 Å². The van der Waals surface area contributed by atoms with Crippen LogP contribution >= 0.6 is 0 Å². The molecule has 1 aromatic rings. The van der Waals surface area contributed by atoms with Crippen LogP contribution in [0.3, 0.4) is 0 Å². The van der Waals surface area contributed by atoms with E-state index in [0.29, 0.717) is 12.5 Å². The van der Waals surface area contributed by atoms with E-state index < -0.39 is 5.60 Å². The third-order valence-electron chi connectivity index (χ3n) is 4.52. The van der Waals surface area contributed by atoms with Crippen molar-refractivity contribution in [2.45, 2.75) is 51.2 Å². The Bertz CT molecular complexity index is 496. The number of non-ortho nitro benzene ring substituents is 1. The highest BCUT2D eigenvalue weighted by atomic mass is 16.6. The monoisotopic (exact) mass is 292 g/mol. The van der Waals surface area contributed by atoms with Crippen molar-refractivity contribution in [2.24, 2.45) is 5.92 Å². The maximum Gasteiger partial charge on any atom is 0.269 e. The summed E-state index contributed by atoms with van der Waals surface area (Å²) in [6.45, 7) is 4.72. The van der Waals surface area contributed by atoms with E-state index in [4.69, 9.17) is 0 Å². The lowest BCUT2D eigenvalue weighted by atomic mass is 9.79. The molecule has 2 rings (SSSR count). The van der Waals surface area contributed by atoms with Crippen LogP contribution in [0.5, 0.6) is 0 Å². The molecule has 1 atom stereocenters. The summed E-state index contributed by atoms with van der Waals surface area (Å²) in [5.41, 5.74) is 0.338. The number of rotatable bonds is 5. The van der Waals surface area contributed by atoms with Gasteiger partial charge in [0.25, 0.3) is 5.69 Å². The number of hydrogen-bond acceptors (Lipinski definition) is 4. The fraction of sp³-hybridized carbons (Fsp3) is 0.625. The summed E-state index contributed by atoms with van der Waals surface area (Å²) < 4.78 is 0. The van der Waals surface area contributed by atoms with Crippen LogP contribution in [0.1, 0.15) is 51.1 Å². The van der Waals surface area contributed by atoms with Gasteiger partial charge in [-0.05, 0) is 44.1 Å². The van der Waals surface area contributed by atoms with Crippen LogP contribution in [0.15, 0.2) is 24.3 Å². The van der Waals surface area contributed by atoms with Crippen LogP contribution in [-0.4, -0.2) is 22.2 Å². The number of nitrogens with zero attached hydrogens (tertiary/aromatic N) is 1. The summed E-state index contributed by atoms with van der Waals surface area (Å²) in [6, 6.07) is 6.63. The Morgan fingerprint density at radius 1 is 1.48 bits per heavy atom. The maximum atomic E-state index is 10.8. The number of nitro benzene ring substituents is 1. The third-order valence-corrected chi connectivity index (χ3v) is 4.52. The van der Waals surface area contributed by atoms with Gasteiger partial charge in [0.1, 0.15) is 0 Å². The van der Waals surface area contributed by atoms with Gasteiger partial charge in [-0.3, -0.25) is 10.1 Å². The van der Waals surface area contributed by atoms with Crippen LogP contribution in [-0.2, 0) is 0 Å². The molecule has 0 heterocycles. The lowest BCUT2D eigenvalue weighted by molar-refractivity contribution is -0.384. The first kappa shape index (κ1) is 15.9. The molecule has 1 aliphatic carbocycles. The molecule has 1 aliphatic rings. The molecule has 0 amide bonds. The summed E-state index contributed by atoms with van der Waals surface area (Å²) >= 11 is 0. The van der Waals surface area contributed by atoms with Gasteiger partial charge in [-0.1, -0.05) is 19.1 Å². The van der Waals surface area contributed by atoms with Crippen molar-refractivity contribution in [1.29, 1.82) is 0 Å². The van der Waals surface area contributed by atoms with Gasteiger partial charge >= 0.3 is 0 Å². The number of nitro groups is 1. The smallest absolute Gasteiger partial charge is 0.269 e. The Hall–Kier alpha value is -1.46. The second-order valence-corrected chi connectivity index (χ2v) is 6.36. The molecular weight excluding hydrogens is 268 g/mol. The molecule has 0 aromatic heterocycles. The van der Waals surface area contributed by atoms with Gasteiger partial charge in [-0.2, -0.15) is 0 Å². The van der Waals surface area contributed by atoms with Crippen LogP contribution in [0.2, 0.25) is 0 Å². The third kappa shape index (κ3) is 4.25. The van der Waals surface area contributed by atoms with E-state index in [0.717, 1.165) is 31.2 Å². The van der Waals surface area contributed by atoms with E-state index in [2.05, 4.69) is 12.2 Å². The zero-order chi connectivity index (χ0) is 15.5. The van der Waals surface area contributed by atoms with E-state index in [-0.39, 0.29) is 16.7 Å². The lowest BCUT2D eigenvalue weighted by Crippen LogP contribution is -2.44. The molecule has 1 saturated carbocycles. The molecule has 2 N–H and O–H groups in total. The van der Waals surface area contributed by atoms with E-state index >= 15 is 0 Å². The molecule has 5 heteroatoms. The second-order valence-electron chi connectivity index (χ2n) is 6.36. The Labute approximate surface area is 125 Å². The van der Waals surface area contributed by atoms with Gasteiger partial charge in [0.2, 0.25) is 0 Å². The lowest BCUT2D eigenvalue weighted by Gasteiger charge is -2.36. The molecule has 0 saturated heterocycles. The van der Waals surface area contributed by atoms with Crippen LogP contribution in [0.25, 0.3) is 0 Å². The number of hydrogen-bond donors (Lipinski definition) is 2. The highest BCUT2D eigenvalue weighted by Gasteiger charge is 2.31. The number of nitrogens with one attached hydrogen (secondary N) is 1. The Morgan fingerprint density at radius 2 is 2.14 bits per heavy atom. The normalized spacial score (nSPS) is 27.3. The predicted molar refractivity (Wildman–Crippen MR) is 82.1 cm³/mol. The van der Waals surface area contributed by atoms with Gasteiger partial charge < -0.3 is 10.4 Å². The summed E-state index contributed by atoms with van der Waals surface area (Å²) in [7, 11) is 0. The fourth-order valence-corrected chi connectivity index (χ4v) is 2.84. The van der Waals surface area contributed by atoms with Gasteiger partial charge in [0, 0.05) is 24.7 Å². The second kappa shape index (κ2) is 6.54. The first-order valence-electron chi connectivity index (χ1n) is 7.60. The standard InChI is InChI=1S/C16H24N2O3/c1-12-6-8-16(19,9-7-12)11-17-13(2)14-4-3-5-15(10-14)18(20)21/h3-5,10,12-13,17,19H,6-9,11H2,1-2H3. The molecule has 116 valence electrons. The van der Waals surface area contributed by atoms with Gasteiger partial charge in [-0.15, -0.1) is 0 Å². The van der Waals surface area contributed by atoms with Crippen LogP contribution in [0, 0.1) is 16.0 Å². The van der Waals surface area contributed by atoms with E-state index in [9.17, 15) is 15.2 Å². The predicted octanol–water partition coefficient (Wildman–Crippen LogP) is 3.19. The van der Waals surface area contributed by atoms with Crippen LogP contribution < -0.4 is 5.32 Å². The average Bonchev–Trinajstić information content (AvgIpc) is 2.48. The van der Waals surface area contributed by atoms with Gasteiger partial charge in [0.15, 0.2) is 0 Å². The molecule has 1 fully saturated rings. The summed E-state index contributed by atoms with van der Waals surface area (Å²) in [6.07, 6.45) is 3.76. The molecule has 0 radical (unpaired) electrons. The minimum absolute atomic E-state index is 0.0201. The van der Waals surface area contributed by atoms with Crippen molar-refractivity contribution in [3.8, 4) is 0 Å². The summed E-state index contributed by atoms with van der Waals surface area (Å²) in [4.78, 5) is 10.4. The average molecular weight is 292 g/mol. The summed E-state index contributed by atoms with van der Waals surface area (Å²) in [5, 5.41) is 24.7. The van der Waals surface area contributed by atoms with Gasteiger partial charge in [0.05, 0.1) is 10.5 Å². The zero-order valence-electron chi connectivity index (χ0n) is 12.7. The Balaban J connectivity index is 1.94. The number of aliphatic hydroxyl groups is 1. The SMILES string of the molecule is CC1CCC(O)(CNC(C)c2cccc([N+](=O)[O-])c2)CC1. The molecular formula is C16H24N2O3. The molecule has 21 heavy (non-hydrogen) atoms. The van der Waals surface area contributed by atoms with Crippen LogP contribution in [0.4, 0.5) is 5.69 Å². The topological polar surface area (TPSA) is 75.4 Å². The highest BCUT2D eigenvalue weighted by Crippen LogP contribution is 2.31. The highest BCUT2D eigenvalue weighted by molar-refractivity contribution is 5.35. The zero-order valence-corrected chi connectivity index (χ0v) is 12.7. The Kier molecular flexibility index (Phi) is 4.96. The molecule has 5 nitrogen and oxygen atoms in total. The van der Waals surface area contributed by atoms with Crippen molar-refractivity contribution in [3.05, 3.63) is 39.9 Å². The summed E-state index contributed by atoms with van der Waals surface area (Å²) in [5.74, 6) is 0.694. The first-order chi connectivity index (χ1) is 9.89. The number of benzene rings is 1. The van der Waals surface area contributed by atoms with Crippen molar-refractivity contribution in [3.63, 3.8) is 0 Å². The van der Waals surface area contributed by atoms with Gasteiger partial charge in [-0.25, -0.2) is 0 Å². The first-order valence-corrected chi connectivity index (χ1v) is 7.60. The van der Waals surface area contributed by atoms with E-state index in [1.54, 1.807) is 12.1 Å². The maximum absolute atomic E-state index is 10.8. The van der Waals surface area contributed by atoms with Crippen molar-refractivity contribution < 1.29 is 10.0 Å². The quantitative estimate of drug-likeness (QED) is 0.645. The fourth-order valence-electron chi connectivity index (χ4n) is 2.84. The molecule has 1 unspecified atom stereocenters. The molecule has 1 aromatic carbocycles.